The zero-order valence-electron chi connectivity index (χ0n) is 17.5. The molecule has 0 unspecified atom stereocenters. The summed E-state index contributed by atoms with van der Waals surface area (Å²) in [5, 5.41) is 4.36. The van der Waals surface area contributed by atoms with Crippen molar-refractivity contribution in [2.45, 2.75) is 16.7 Å². The van der Waals surface area contributed by atoms with Crippen LogP contribution in [-0.4, -0.2) is 29.3 Å². The molecule has 164 valence electrons. The van der Waals surface area contributed by atoms with Gasteiger partial charge in [0, 0.05) is 0 Å². The van der Waals surface area contributed by atoms with Gasteiger partial charge >= 0.3 is 0 Å². The van der Waals surface area contributed by atoms with Gasteiger partial charge in [0.05, 0.1) is 22.1 Å². The number of aryl methyl sites for hydroxylation is 1. The fourth-order valence-corrected chi connectivity index (χ4v) is 5.00. The lowest BCUT2D eigenvalue weighted by Gasteiger charge is -2.05. The van der Waals surface area contributed by atoms with Crippen LogP contribution >= 0.6 is 0 Å². The molecule has 0 atom stereocenters. The van der Waals surface area contributed by atoms with Gasteiger partial charge in [-0.05, 0) is 48.9 Å². The summed E-state index contributed by atoms with van der Waals surface area (Å²) in [5.41, 5.74) is 9.32. The predicted octanol–water partition coefficient (Wildman–Crippen LogP) is 4.33. The number of benzene rings is 3. The number of hydrogen-bond acceptors (Lipinski definition) is 6. The van der Waals surface area contributed by atoms with Crippen LogP contribution in [0.5, 0.6) is 0 Å². The van der Waals surface area contributed by atoms with Crippen molar-refractivity contribution < 1.29 is 12.8 Å². The number of hydrogen-bond donors (Lipinski definition) is 1. The van der Waals surface area contributed by atoms with Crippen molar-refractivity contribution in [2.75, 3.05) is 5.73 Å². The average Bonchev–Trinajstić information content (AvgIpc) is 3.08. The summed E-state index contributed by atoms with van der Waals surface area (Å²) in [6.45, 7) is 1.87. The lowest BCUT2D eigenvalue weighted by molar-refractivity contribution is 0.597. The van der Waals surface area contributed by atoms with Crippen molar-refractivity contribution in [3.63, 3.8) is 0 Å². The molecule has 9 heteroatoms. The molecule has 0 spiro atoms. The highest BCUT2D eigenvalue weighted by atomic mass is 32.2. The van der Waals surface area contributed by atoms with Gasteiger partial charge in [0.15, 0.2) is 5.65 Å². The van der Waals surface area contributed by atoms with Crippen molar-refractivity contribution >= 4 is 44.1 Å². The van der Waals surface area contributed by atoms with E-state index in [0.717, 1.165) is 5.56 Å². The number of rotatable bonds is 4. The van der Waals surface area contributed by atoms with Crippen molar-refractivity contribution in [3.05, 3.63) is 89.7 Å². The topological polar surface area (TPSA) is 103 Å². The summed E-state index contributed by atoms with van der Waals surface area (Å²) in [4.78, 5) is 9.10. The number of sulfone groups is 1. The summed E-state index contributed by atoms with van der Waals surface area (Å²) in [7, 11) is -4.02. The lowest BCUT2D eigenvalue weighted by atomic mass is 10.2. The van der Waals surface area contributed by atoms with Gasteiger partial charge in [-0.2, -0.15) is 9.78 Å². The molecule has 0 aliphatic rings. The molecular weight excluding hydrogens is 441 g/mol. The summed E-state index contributed by atoms with van der Waals surface area (Å²) in [5.74, 6) is -0.485. The Balaban J connectivity index is 1.78. The maximum absolute atomic E-state index is 13.6. The molecule has 3 aromatic carbocycles. The molecule has 2 N–H and O–H groups in total. The molecule has 0 fully saturated rings. The van der Waals surface area contributed by atoms with Gasteiger partial charge in [-0.15, -0.1) is 0 Å². The first-order chi connectivity index (χ1) is 15.8. The number of nitrogen functional groups attached to an aromatic ring is 1. The second-order valence-electron chi connectivity index (χ2n) is 7.52. The first-order valence-corrected chi connectivity index (χ1v) is 11.5. The maximum atomic E-state index is 13.6. The standard InChI is InChI=1S/C24H18FN5O2S/c1-15-6-12-18(13-7-15)33(31,32)22-21-24(29-20-5-3-2-4-19(20)28-21)30(23(22)26)27-14-16-8-10-17(25)11-9-16/h2-14H,26H2,1H3/b27-14-. The SMILES string of the molecule is Cc1ccc(S(=O)(=O)c2c(N)n(/N=C\c3ccc(F)cc3)c3nc4ccccc4nc23)cc1. The summed E-state index contributed by atoms with van der Waals surface area (Å²) < 4.78 is 41.7. The van der Waals surface area contributed by atoms with Crippen LogP contribution in [-0.2, 0) is 9.84 Å². The molecule has 0 saturated carbocycles. The zero-order valence-corrected chi connectivity index (χ0v) is 18.3. The van der Waals surface area contributed by atoms with Crippen LogP contribution in [0.25, 0.3) is 22.2 Å². The monoisotopic (exact) mass is 459 g/mol. The number of nitrogens with zero attached hydrogens (tertiary/aromatic N) is 4. The third kappa shape index (κ3) is 3.62. The second-order valence-corrected chi connectivity index (χ2v) is 9.41. The molecule has 2 aromatic heterocycles. The fraction of sp³-hybridized carbons (Fsp3) is 0.0417. The number of anilines is 1. The first-order valence-electron chi connectivity index (χ1n) is 10.0. The Hall–Kier alpha value is -4.11. The lowest BCUT2D eigenvalue weighted by Crippen LogP contribution is -2.06. The molecule has 0 aliphatic heterocycles. The Morgan fingerprint density at radius 3 is 2.24 bits per heavy atom. The molecule has 0 aliphatic carbocycles. The number of fused-ring (bicyclic) bond motifs is 2. The number of para-hydroxylation sites is 2. The minimum absolute atomic E-state index is 0.0938. The summed E-state index contributed by atoms with van der Waals surface area (Å²) in [6.07, 6.45) is 1.45. The van der Waals surface area contributed by atoms with E-state index < -0.39 is 9.84 Å². The second kappa shape index (κ2) is 7.79. The summed E-state index contributed by atoms with van der Waals surface area (Å²) >= 11 is 0. The van der Waals surface area contributed by atoms with Gasteiger partial charge in [-0.3, -0.25) is 0 Å². The van der Waals surface area contributed by atoms with E-state index in [-0.39, 0.29) is 32.6 Å². The van der Waals surface area contributed by atoms with E-state index in [0.29, 0.717) is 16.6 Å². The van der Waals surface area contributed by atoms with Gasteiger partial charge in [-0.25, -0.2) is 22.8 Å². The van der Waals surface area contributed by atoms with E-state index in [1.54, 1.807) is 42.5 Å². The van der Waals surface area contributed by atoms with E-state index in [1.807, 2.05) is 13.0 Å². The van der Waals surface area contributed by atoms with Crippen LogP contribution in [0, 0.1) is 12.7 Å². The Morgan fingerprint density at radius 2 is 1.58 bits per heavy atom. The third-order valence-electron chi connectivity index (χ3n) is 5.22. The predicted molar refractivity (Wildman–Crippen MR) is 125 cm³/mol. The Labute approximate surface area is 188 Å². The average molecular weight is 460 g/mol. The molecule has 7 nitrogen and oxygen atoms in total. The van der Waals surface area contributed by atoms with Gasteiger partial charge in [0.25, 0.3) is 0 Å². The van der Waals surface area contributed by atoms with Gasteiger partial charge in [0.1, 0.15) is 22.0 Å². The maximum Gasteiger partial charge on any atom is 0.212 e. The van der Waals surface area contributed by atoms with Crippen molar-refractivity contribution in [1.29, 1.82) is 0 Å². The van der Waals surface area contributed by atoms with Crippen LogP contribution in [0.15, 0.2) is 87.7 Å². The molecule has 33 heavy (non-hydrogen) atoms. The quantitative estimate of drug-likeness (QED) is 0.403. The molecule has 0 bridgehead atoms. The van der Waals surface area contributed by atoms with E-state index in [2.05, 4.69) is 15.1 Å². The van der Waals surface area contributed by atoms with Crippen LogP contribution < -0.4 is 5.73 Å². The van der Waals surface area contributed by atoms with Crippen molar-refractivity contribution in [2.24, 2.45) is 5.10 Å². The minimum atomic E-state index is -4.02. The fourth-order valence-electron chi connectivity index (χ4n) is 3.51. The van der Waals surface area contributed by atoms with E-state index in [1.165, 1.54) is 35.2 Å². The van der Waals surface area contributed by atoms with Gasteiger partial charge < -0.3 is 5.73 Å². The highest BCUT2D eigenvalue weighted by Crippen LogP contribution is 2.35. The first kappa shape index (κ1) is 20.8. The Bertz CT molecular complexity index is 1640. The molecule has 5 aromatic rings. The highest BCUT2D eigenvalue weighted by Gasteiger charge is 2.30. The summed E-state index contributed by atoms with van der Waals surface area (Å²) in [6, 6.07) is 19.3. The minimum Gasteiger partial charge on any atom is -0.382 e. The van der Waals surface area contributed by atoms with Gasteiger partial charge in [-0.1, -0.05) is 42.0 Å². The zero-order chi connectivity index (χ0) is 23.2. The third-order valence-corrected chi connectivity index (χ3v) is 7.05. The Morgan fingerprint density at radius 1 is 0.939 bits per heavy atom. The molecule has 5 rings (SSSR count). The largest absolute Gasteiger partial charge is 0.382 e. The molecule has 0 saturated heterocycles. The van der Waals surface area contributed by atoms with Crippen LogP contribution in [0.4, 0.5) is 10.2 Å². The van der Waals surface area contributed by atoms with Crippen LogP contribution in [0.3, 0.4) is 0 Å². The smallest absolute Gasteiger partial charge is 0.212 e. The molecule has 2 heterocycles. The molecule has 0 amide bonds. The van der Waals surface area contributed by atoms with Crippen molar-refractivity contribution in [3.8, 4) is 0 Å². The van der Waals surface area contributed by atoms with Crippen LogP contribution in [0.1, 0.15) is 11.1 Å². The number of nitrogens with two attached hydrogens (primary N) is 1. The van der Waals surface area contributed by atoms with Crippen molar-refractivity contribution in [1.82, 2.24) is 14.6 Å². The van der Waals surface area contributed by atoms with Gasteiger partial charge in [0.2, 0.25) is 9.84 Å². The highest BCUT2D eigenvalue weighted by molar-refractivity contribution is 7.92. The number of halogens is 1. The number of aromatic nitrogens is 3. The molecule has 0 radical (unpaired) electrons. The molecular formula is C24H18FN5O2S. The van der Waals surface area contributed by atoms with E-state index in [9.17, 15) is 12.8 Å². The van der Waals surface area contributed by atoms with E-state index >= 15 is 0 Å². The normalized spacial score (nSPS) is 12.2. The van der Waals surface area contributed by atoms with E-state index in [4.69, 9.17) is 5.73 Å². The Kier molecular flexibility index (Phi) is 4.90. The van der Waals surface area contributed by atoms with Crippen LogP contribution in [0.2, 0.25) is 0 Å².